The Morgan fingerprint density at radius 3 is 2.45 bits per heavy atom. The van der Waals surface area contributed by atoms with Crippen molar-refractivity contribution in [3.05, 3.63) is 60.2 Å². The lowest BCUT2D eigenvalue weighted by Crippen LogP contribution is -2.45. The van der Waals surface area contributed by atoms with Gasteiger partial charge in [-0.3, -0.25) is 4.98 Å². The Morgan fingerprint density at radius 2 is 1.77 bits per heavy atom. The minimum Gasteiger partial charge on any atom is -0.353 e. The lowest BCUT2D eigenvalue weighted by molar-refractivity contribution is 0.408. The molecule has 1 saturated carbocycles. The molecule has 1 aliphatic carbocycles. The highest BCUT2D eigenvalue weighted by atomic mass is 32.1. The summed E-state index contributed by atoms with van der Waals surface area (Å²) < 4.78 is 13.7. The largest absolute Gasteiger partial charge is 0.353 e. The van der Waals surface area contributed by atoms with Gasteiger partial charge in [-0.25, -0.2) is 4.39 Å². The van der Waals surface area contributed by atoms with Crippen LogP contribution in [0, 0.1) is 5.82 Å². The topological polar surface area (TPSA) is 37.0 Å². The second-order valence-electron chi connectivity index (χ2n) is 5.58. The zero-order valence-electron chi connectivity index (χ0n) is 12.2. The third kappa shape index (κ3) is 3.09. The molecule has 1 heterocycles. The molecule has 5 heteroatoms. The maximum absolute atomic E-state index is 13.7. The van der Waals surface area contributed by atoms with E-state index in [1.54, 1.807) is 30.6 Å². The van der Waals surface area contributed by atoms with E-state index in [4.69, 9.17) is 12.2 Å². The van der Waals surface area contributed by atoms with E-state index in [1.165, 1.54) is 11.6 Å². The number of nitrogens with one attached hydrogen (secondary N) is 2. The van der Waals surface area contributed by atoms with Crippen LogP contribution >= 0.6 is 12.2 Å². The molecular weight excluding hydrogens is 297 g/mol. The van der Waals surface area contributed by atoms with E-state index in [0.717, 1.165) is 25.7 Å². The third-order valence-electron chi connectivity index (χ3n) is 4.16. The molecule has 1 aromatic carbocycles. The second kappa shape index (κ2) is 6.40. The molecule has 0 saturated heterocycles. The molecule has 0 radical (unpaired) electrons. The SMILES string of the molecule is Fc1ccccc1NC(=S)NC1(c2ccncc2)CCCC1. The molecule has 1 fully saturated rings. The highest BCUT2D eigenvalue weighted by Crippen LogP contribution is 2.38. The van der Waals surface area contributed by atoms with E-state index >= 15 is 0 Å². The van der Waals surface area contributed by atoms with Crippen molar-refractivity contribution < 1.29 is 4.39 Å². The summed E-state index contributed by atoms with van der Waals surface area (Å²) >= 11 is 5.40. The first-order valence-corrected chi connectivity index (χ1v) is 7.85. The Labute approximate surface area is 135 Å². The standard InChI is InChI=1S/C17H18FN3S/c18-14-5-1-2-6-15(14)20-16(22)21-17(9-3-4-10-17)13-7-11-19-12-8-13/h1-2,5-8,11-12H,3-4,9-10H2,(H2,20,21,22). The van der Waals surface area contributed by atoms with Gasteiger partial charge < -0.3 is 10.6 Å². The van der Waals surface area contributed by atoms with E-state index in [9.17, 15) is 4.39 Å². The van der Waals surface area contributed by atoms with Gasteiger partial charge in [-0.2, -0.15) is 0 Å². The van der Waals surface area contributed by atoms with Gasteiger partial charge >= 0.3 is 0 Å². The highest BCUT2D eigenvalue weighted by Gasteiger charge is 2.36. The maximum Gasteiger partial charge on any atom is 0.171 e. The van der Waals surface area contributed by atoms with Gasteiger partial charge in [-0.15, -0.1) is 0 Å². The summed E-state index contributed by atoms with van der Waals surface area (Å²) in [6, 6.07) is 10.6. The van der Waals surface area contributed by atoms with E-state index in [2.05, 4.69) is 15.6 Å². The molecule has 0 spiro atoms. The monoisotopic (exact) mass is 315 g/mol. The number of halogens is 1. The van der Waals surface area contributed by atoms with Gasteiger partial charge in [-0.05, 0) is 54.9 Å². The van der Waals surface area contributed by atoms with E-state index < -0.39 is 0 Å². The van der Waals surface area contributed by atoms with E-state index in [-0.39, 0.29) is 11.4 Å². The number of rotatable bonds is 3. The fourth-order valence-electron chi connectivity index (χ4n) is 3.07. The molecule has 1 aliphatic rings. The fraction of sp³-hybridized carbons (Fsp3) is 0.294. The zero-order valence-corrected chi connectivity index (χ0v) is 13.0. The molecule has 3 rings (SSSR count). The Kier molecular flexibility index (Phi) is 4.34. The number of nitrogens with zero attached hydrogens (tertiary/aromatic N) is 1. The summed E-state index contributed by atoms with van der Waals surface area (Å²) in [5.74, 6) is -0.309. The van der Waals surface area contributed by atoms with Crippen molar-refractivity contribution in [3.8, 4) is 0 Å². The Bertz CT molecular complexity index is 654. The summed E-state index contributed by atoms with van der Waals surface area (Å²) in [5.41, 5.74) is 1.39. The van der Waals surface area contributed by atoms with Crippen LogP contribution in [0.15, 0.2) is 48.8 Å². The minimum atomic E-state index is -0.309. The quantitative estimate of drug-likeness (QED) is 0.840. The predicted octanol–water partition coefficient (Wildman–Crippen LogP) is 3.98. The van der Waals surface area contributed by atoms with Crippen LogP contribution in [0.25, 0.3) is 0 Å². The zero-order chi connectivity index (χ0) is 15.4. The molecule has 2 N–H and O–H groups in total. The van der Waals surface area contributed by atoms with Gasteiger partial charge in [0.25, 0.3) is 0 Å². The number of aromatic nitrogens is 1. The van der Waals surface area contributed by atoms with Gasteiger partial charge in [-0.1, -0.05) is 25.0 Å². The first-order chi connectivity index (χ1) is 10.7. The van der Waals surface area contributed by atoms with Crippen molar-refractivity contribution >= 4 is 23.0 Å². The number of benzene rings is 1. The molecule has 114 valence electrons. The summed E-state index contributed by atoms with van der Waals surface area (Å²) in [7, 11) is 0. The van der Waals surface area contributed by atoms with Crippen LogP contribution in [0.4, 0.5) is 10.1 Å². The summed E-state index contributed by atoms with van der Waals surface area (Å²) in [6.45, 7) is 0. The van der Waals surface area contributed by atoms with Gasteiger partial charge in [0.15, 0.2) is 5.11 Å². The number of anilines is 1. The summed E-state index contributed by atoms with van der Waals surface area (Å²) in [4.78, 5) is 4.08. The van der Waals surface area contributed by atoms with Gasteiger partial charge in [0.05, 0.1) is 11.2 Å². The smallest absolute Gasteiger partial charge is 0.171 e. The molecule has 0 aliphatic heterocycles. The molecule has 1 aromatic heterocycles. The van der Waals surface area contributed by atoms with Crippen LogP contribution in [-0.2, 0) is 5.54 Å². The summed E-state index contributed by atoms with van der Waals surface area (Å²) in [5, 5.41) is 6.82. The molecule has 2 aromatic rings. The molecular formula is C17H18FN3S. The molecule has 0 amide bonds. The van der Waals surface area contributed by atoms with Crippen LogP contribution in [0.1, 0.15) is 31.2 Å². The fourth-order valence-corrected chi connectivity index (χ4v) is 3.37. The Morgan fingerprint density at radius 1 is 1.09 bits per heavy atom. The summed E-state index contributed by atoms with van der Waals surface area (Å²) in [6.07, 6.45) is 7.91. The molecule has 0 atom stereocenters. The predicted molar refractivity (Wildman–Crippen MR) is 90.1 cm³/mol. The van der Waals surface area contributed by atoms with Gasteiger partial charge in [0.1, 0.15) is 5.82 Å². The van der Waals surface area contributed by atoms with Crippen LogP contribution in [0.2, 0.25) is 0 Å². The van der Waals surface area contributed by atoms with Gasteiger partial charge in [0, 0.05) is 12.4 Å². The number of thiocarbonyl (C=S) groups is 1. The van der Waals surface area contributed by atoms with Crippen molar-refractivity contribution in [1.82, 2.24) is 10.3 Å². The molecule has 0 bridgehead atoms. The lowest BCUT2D eigenvalue weighted by atomic mass is 9.89. The van der Waals surface area contributed by atoms with Crippen molar-refractivity contribution in [1.29, 1.82) is 0 Å². The third-order valence-corrected chi connectivity index (χ3v) is 4.37. The number of hydrogen-bond acceptors (Lipinski definition) is 2. The number of para-hydroxylation sites is 1. The van der Waals surface area contributed by atoms with Crippen LogP contribution in [-0.4, -0.2) is 10.1 Å². The Hall–Kier alpha value is -2.01. The number of pyridine rings is 1. The second-order valence-corrected chi connectivity index (χ2v) is 5.99. The molecule has 22 heavy (non-hydrogen) atoms. The average Bonchev–Trinajstić information content (AvgIpc) is 3.00. The molecule has 3 nitrogen and oxygen atoms in total. The van der Waals surface area contributed by atoms with Crippen LogP contribution < -0.4 is 10.6 Å². The van der Waals surface area contributed by atoms with E-state index in [0.29, 0.717) is 10.8 Å². The first-order valence-electron chi connectivity index (χ1n) is 7.44. The first kappa shape index (κ1) is 14.9. The van der Waals surface area contributed by atoms with Crippen molar-refractivity contribution in [2.75, 3.05) is 5.32 Å². The molecule has 0 unspecified atom stereocenters. The van der Waals surface area contributed by atoms with Crippen molar-refractivity contribution in [2.24, 2.45) is 0 Å². The minimum absolute atomic E-state index is 0.182. The maximum atomic E-state index is 13.7. The van der Waals surface area contributed by atoms with Crippen molar-refractivity contribution in [2.45, 2.75) is 31.2 Å². The van der Waals surface area contributed by atoms with Gasteiger partial charge in [0.2, 0.25) is 0 Å². The average molecular weight is 315 g/mol. The normalized spacial score (nSPS) is 16.2. The Balaban J connectivity index is 1.77. The lowest BCUT2D eigenvalue weighted by Gasteiger charge is -2.32. The van der Waals surface area contributed by atoms with Crippen molar-refractivity contribution in [3.63, 3.8) is 0 Å². The highest BCUT2D eigenvalue weighted by molar-refractivity contribution is 7.80. The number of hydrogen-bond donors (Lipinski definition) is 2. The van der Waals surface area contributed by atoms with Crippen LogP contribution in [0.5, 0.6) is 0 Å². The van der Waals surface area contributed by atoms with E-state index in [1.807, 2.05) is 12.1 Å². The van der Waals surface area contributed by atoms with Crippen LogP contribution in [0.3, 0.4) is 0 Å².